The van der Waals surface area contributed by atoms with Gasteiger partial charge in [-0.3, -0.25) is 4.79 Å². The SMILES string of the molecule is CCN1CCC(c2ccc(Nc3nnc(C(N)=O)c(NC4CC4)n3)cc2)CC1. The number of aromatic nitrogens is 3. The van der Waals surface area contributed by atoms with Gasteiger partial charge in [0, 0.05) is 11.7 Å². The first-order valence-corrected chi connectivity index (χ1v) is 10.0. The van der Waals surface area contributed by atoms with Crippen molar-refractivity contribution in [2.75, 3.05) is 30.3 Å². The van der Waals surface area contributed by atoms with Crippen LogP contribution in [0.25, 0.3) is 0 Å². The van der Waals surface area contributed by atoms with E-state index in [-0.39, 0.29) is 5.69 Å². The lowest BCUT2D eigenvalue weighted by Gasteiger charge is -2.31. The van der Waals surface area contributed by atoms with Crippen molar-refractivity contribution in [3.63, 3.8) is 0 Å². The van der Waals surface area contributed by atoms with E-state index in [9.17, 15) is 4.79 Å². The Labute approximate surface area is 164 Å². The molecule has 1 aliphatic heterocycles. The van der Waals surface area contributed by atoms with Crippen molar-refractivity contribution in [2.24, 2.45) is 5.73 Å². The van der Waals surface area contributed by atoms with Crippen LogP contribution in [0, 0.1) is 0 Å². The molecule has 2 aromatic rings. The number of primary amides is 1. The molecule has 0 radical (unpaired) electrons. The number of amides is 1. The van der Waals surface area contributed by atoms with E-state index in [2.05, 4.69) is 49.8 Å². The number of rotatable bonds is 7. The van der Waals surface area contributed by atoms with Crippen LogP contribution in [0.4, 0.5) is 17.5 Å². The number of likely N-dealkylation sites (tertiary alicyclic amines) is 1. The molecule has 2 heterocycles. The minimum Gasteiger partial charge on any atom is -0.365 e. The number of benzene rings is 1. The molecule has 1 saturated carbocycles. The highest BCUT2D eigenvalue weighted by Crippen LogP contribution is 2.29. The van der Waals surface area contributed by atoms with Gasteiger partial charge in [-0.1, -0.05) is 19.1 Å². The maximum Gasteiger partial charge on any atom is 0.273 e. The zero-order valence-corrected chi connectivity index (χ0v) is 16.2. The molecule has 28 heavy (non-hydrogen) atoms. The van der Waals surface area contributed by atoms with Gasteiger partial charge in [-0.2, -0.15) is 4.98 Å². The van der Waals surface area contributed by atoms with Crippen molar-refractivity contribution in [3.8, 4) is 0 Å². The highest BCUT2D eigenvalue weighted by atomic mass is 16.1. The highest BCUT2D eigenvalue weighted by molar-refractivity contribution is 5.95. The molecule has 1 saturated heterocycles. The zero-order valence-electron chi connectivity index (χ0n) is 16.2. The van der Waals surface area contributed by atoms with Gasteiger partial charge in [-0.05, 0) is 68.9 Å². The lowest BCUT2D eigenvalue weighted by molar-refractivity contribution is 0.0995. The van der Waals surface area contributed by atoms with E-state index < -0.39 is 5.91 Å². The molecule has 1 aliphatic carbocycles. The summed E-state index contributed by atoms with van der Waals surface area (Å²) < 4.78 is 0. The van der Waals surface area contributed by atoms with Gasteiger partial charge in [0.25, 0.3) is 5.91 Å². The summed E-state index contributed by atoms with van der Waals surface area (Å²) in [5, 5.41) is 14.3. The molecule has 0 bridgehead atoms. The standard InChI is InChI=1S/C20H27N7O/c1-2-27-11-9-14(10-12-27)13-3-5-16(6-4-13)23-20-24-19(22-15-7-8-15)17(18(21)28)25-26-20/h3-6,14-15H,2,7-12H2,1H3,(H2,21,28)(H2,22,23,24,26). The fraction of sp³-hybridized carbons (Fsp3) is 0.500. The molecule has 4 rings (SSSR count). The average Bonchev–Trinajstić information content (AvgIpc) is 3.53. The summed E-state index contributed by atoms with van der Waals surface area (Å²) in [6.45, 7) is 5.70. The Hall–Kier alpha value is -2.74. The van der Waals surface area contributed by atoms with Crippen LogP contribution < -0.4 is 16.4 Å². The average molecular weight is 381 g/mol. The summed E-state index contributed by atoms with van der Waals surface area (Å²) in [6, 6.07) is 8.76. The summed E-state index contributed by atoms with van der Waals surface area (Å²) in [6.07, 6.45) is 4.53. The number of nitrogens with one attached hydrogen (secondary N) is 2. The fourth-order valence-corrected chi connectivity index (χ4v) is 3.62. The fourth-order valence-electron chi connectivity index (χ4n) is 3.62. The van der Waals surface area contributed by atoms with Crippen molar-refractivity contribution >= 4 is 23.4 Å². The predicted octanol–water partition coefficient (Wildman–Crippen LogP) is 2.49. The van der Waals surface area contributed by atoms with Gasteiger partial charge in [-0.25, -0.2) is 0 Å². The van der Waals surface area contributed by atoms with Gasteiger partial charge in [0.1, 0.15) is 0 Å². The topological polar surface area (TPSA) is 109 Å². The summed E-state index contributed by atoms with van der Waals surface area (Å²) in [4.78, 5) is 18.4. The lowest BCUT2D eigenvalue weighted by Crippen LogP contribution is -2.32. The molecule has 1 amide bonds. The molecular weight excluding hydrogens is 354 g/mol. The van der Waals surface area contributed by atoms with Crippen molar-refractivity contribution in [2.45, 2.75) is 44.6 Å². The molecular formula is C20H27N7O. The number of nitrogens with zero attached hydrogens (tertiary/aromatic N) is 4. The number of carbonyl (C=O) groups is 1. The second-order valence-electron chi connectivity index (χ2n) is 7.57. The summed E-state index contributed by atoms with van der Waals surface area (Å²) in [7, 11) is 0. The second-order valence-corrected chi connectivity index (χ2v) is 7.57. The maximum absolute atomic E-state index is 11.5. The molecule has 1 aromatic heterocycles. The highest BCUT2D eigenvalue weighted by Gasteiger charge is 2.25. The van der Waals surface area contributed by atoms with Gasteiger partial charge in [0.05, 0.1) is 0 Å². The van der Waals surface area contributed by atoms with Crippen LogP contribution in [-0.4, -0.2) is 51.7 Å². The van der Waals surface area contributed by atoms with Crippen LogP contribution in [0.5, 0.6) is 0 Å². The normalized spacial score (nSPS) is 18.0. The van der Waals surface area contributed by atoms with Gasteiger partial charge in [-0.15, -0.1) is 10.2 Å². The number of nitrogens with two attached hydrogens (primary N) is 1. The van der Waals surface area contributed by atoms with E-state index in [0.29, 0.717) is 23.7 Å². The van der Waals surface area contributed by atoms with Crippen LogP contribution in [0.2, 0.25) is 0 Å². The maximum atomic E-state index is 11.5. The minimum atomic E-state index is -0.631. The molecule has 4 N–H and O–H groups in total. The lowest BCUT2D eigenvalue weighted by atomic mass is 9.89. The van der Waals surface area contributed by atoms with Crippen LogP contribution in [0.15, 0.2) is 24.3 Å². The quantitative estimate of drug-likeness (QED) is 0.676. The number of carbonyl (C=O) groups excluding carboxylic acids is 1. The Kier molecular flexibility index (Phi) is 5.38. The van der Waals surface area contributed by atoms with E-state index in [1.165, 1.54) is 31.5 Å². The first-order chi connectivity index (χ1) is 13.6. The molecule has 0 unspecified atom stereocenters. The Bertz CT molecular complexity index is 827. The molecule has 8 nitrogen and oxygen atoms in total. The van der Waals surface area contributed by atoms with Crippen molar-refractivity contribution < 1.29 is 4.79 Å². The number of piperidine rings is 1. The Morgan fingerprint density at radius 3 is 2.46 bits per heavy atom. The Balaban J connectivity index is 1.43. The third-order valence-corrected chi connectivity index (χ3v) is 5.51. The molecule has 2 aliphatic rings. The Morgan fingerprint density at radius 2 is 1.86 bits per heavy atom. The number of hydrogen-bond acceptors (Lipinski definition) is 7. The van der Waals surface area contributed by atoms with E-state index >= 15 is 0 Å². The molecule has 148 valence electrons. The zero-order chi connectivity index (χ0) is 19.5. The van der Waals surface area contributed by atoms with Gasteiger partial charge >= 0.3 is 0 Å². The first-order valence-electron chi connectivity index (χ1n) is 10.0. The van der Waals surface area contributed by atoms with Crippen LogP contribution in [-0.2, 0) is 0 Å². The molecule has 8 heteroatoms. The number of hydrogen-bond donors (Lipinski definition) is 3. The first kappa shape index (κ1) is 18.6. The van der Waals surface area contributed by atoms with Crippen LogP contribution in [0.1, 0.15) is 54.6 Å². The van der Waals surface area contributed by atoms with Crippen molar-refractivity contribution in [1.29, 1.82) is 0 Å². The minimum absolute atomic E-state index is 0.0752. The predicted molar refractivity (Wildman–Crippen MR) is 109 cm³/mol. The van der Waals surface area contributed by atoms with Gasteiger partial charge in [0.15, 0.2) is 11.5 Å². The largest absolute Gasteiger partial charge is 0.365 e. The summed E-state index contributed by atoms with van der Waals surface area (Å²) >= 11 is 0. The summed E-state index contributed by atoms with van der Waals surface area (Å²) in [5.74, 6) is 0.732. The van der Waals surface area contributed by atoms with E-state index in [0.717, 1.165) is 25.1 Å². The smallest absolute Gasteiger partial charge is 0.273 e. The molecule has 2 fully saturated rings. The molecule has 0 spiro atoms. The van der Waals surface area contributed by atoms with E-state index in [1.807, 2.05) is 12.1 Å². The monoisotopic (exact) mass is 381 g/mol. The second kappa shape index (κ2) is 8.10. The van der Waals surface area contributed by atoms with Crippen molar-refractivity contribution in [1.82, 2.24) is 20.1 Å². The van der Waals surface area contributed by atoms with Crippen LogP contribution >= 0.6 is 0 Å². The van der Waals surface area contributed by atoms with E-state index in [1.54, 1.807) is 0 Å². The van der Waals surface area contributed by atoms with E-state index in [4.69, 9.17) is 5.73 Å². The number of anilines is 3. The van der Waals surface area contributed by atoms with Gasteiger partial charge < -0.3 is 21.3 Å². The third-order valence-electron chi connectivity index (χ3n) is 5.51. The third kappa shape index (κ3) is 4.39. The molecule has 1 aromatic carbocycles. The Morgan fingerprint density at radius 1 is 1.14 bits per heavy atom. The summed E-state index contributed by atoms with van der Waals surface area (Å²) in [5.41, 5.74) is 7.71. The molecule has 0 atom stereocenters. The van der Waals surface area contributed by atoms with Crippen LogP contribution in [0.3, 0.4) is 0 Å². The van der Waals surface area contributed by atoms with Gasteiger partial charge in [0.2, 0.25) is 5.95 Å². The van der Waals surface area contributed by atoms with Crippen molar-refractivity contribution in [3.05, 3.63) is 35.5 Å².